The van der Waals surface area contributed by atoms with Gasteiger partial charge in [-0.2, -0.15) is 5.10 Å². The average Bonchev–Trinajstić information content (AvgIpc) is 2.97. The highest BCUT2D eigenvalue weighted by atomic mass is 35.5. The number of rotatable bonds is 8. The smallest absolute Gasteiger partial charge is 0.220 e. The first kappa shape index (κ1) is 20.6. The molecule has 1 unspecified atom stereocenters. The van der Waals surface area contributed by atoms with Gasteiger partial charge in [-0.05, 0) is 25.5 Å². The van der Waals surface area contributed by atoms with Crippen molar-refractivity contribution in [3.63, 3.8) is 0 Å². The highest BCUT2D eigenvalue weighted by Gasteiger charge is 2.27. The summed E-state index contributed by atoms with van der Waals surface area (Å²) in [6.45, 7) is 3.06. The number of benzene rings is 1. The normalized spacial score (nSPS) is 16.6. The van der Waals surface area contributed by atoms with Gasteiger partial charge in [0.15, 0.2) is 15.6 Å². The van der Waals surface area contributed by atoms with Crippen LogP contribution in [0.15, 0.2) is 23.2 Å². The Hall–Kier alpha value is -2.10. The van der Waals surface area contributed by atoms with E-state index < -0.39 is 15.6 Å². The van der Waals surface area contributed by atoms with Crippen LogP contribution in [-0.2, 0) is 21.1 Å². The fourth-order valence-electron chi connectivity index (χ4n) is 2.86. The van der Waals surface area contributed by atoms with Crippen LogP contribution in [0.3, 0.4) is 0 Å². The average molecular weight is 429 g/mol. The quantitative estimate of drug-likeness (QED) is 0.643. The van der Waals surface area contributed by atoms with Gasteiger partial charge >= 0.3 is 0 Å². The summed E-state index contributed by atoms with van der Waals surface area (Å²) in [5.41, 5.74) is -0.000382. The van der Waals surface area contributed by atoms with E-state index in [1.54, 1.807) is 6.92 Å². The number of carbonyl (C=O) groups is 1. The van der Waals surface area contributed by atoms with Crippen LogP contribution in [0.4, 0.5) is 0 Å². The Labute approximate surface area is 167 Å². The second-order valence-corrected chi connectivity index (χ2v) is 8.83. The highest BCUT2D eigenvalue weighted by Crippen LogP contribution is 2.37. The number of aryl methyl sites for hydroxylation is 1. The number of ether oxygens (including phenoxy) is 2. The SMILES string of the molecule is CCn1ncc(C(=O)c2ccc(S(C)(=O)=O)c(OCCC3CCO3)c2Cl)c1O. The molecule has 0 amide bonds. The number of nitrogens with zero attached hydrogens (tertiary/aromatic N) is 2. The van der Waals surface area contributed by atoms with Crippen LogP contribution in [-0.4, -0.2) is 54.7 Å². The van der Waals surface area contributed by atoms with E-state index in [0.717, 1.165) is 12.7 Å². The van der Waals surface area contributed by atoms with Crippen LogP contribution in [0.5, 0.6) is 11.6 Å². The van der Waals surface area contributed by atoms with Crippen molar-refractivity contribution in [2.45, 2.75) is 37.3 Å². The molecule has 0 aliphatic carbocycles. The number of sulfone groups is 1. The molecule has 1 saturated heterocycles. The van der Waals surface area contributed by atoms with Crippen molar-refractivity contribution < 1.29 is 27.8 Å². The molecule has 8 nitrogen and oxygen atoms in total. The summed E-state index contributed by atoms with van der Waals surface area (Å²) >= 11 is 6.37. The molecule has 1 aliphatic heterocycles. The lowest BCUT2D eigenvalue weighted by molar-refractivity contribution is -0.0597. The summed E-state index contributed by atoms with van der Waals surface area (Å²) in [5, 5.41) is 14.0. The van der Waals surface area contributed by atoms with E-state index in [4.69, 9.17) is 21.1 Å². The van der Waals surface area contributed by atoms with Gasteiger partial charge in [0, 0.05) is 31.4 Å². The largest absolute Gasteiger partial charge is 0.493 e. The number of hydrogen-bond acceptors (Lipinski definition) is 7. The lowest BCUT2D eigenvalue weighted by Crippen LogP contribution is -2.28. The highest BCUT2D eigenvalue weighted by molar-refractivity contribution is 7.90. The number of hydrogen-bond donors (Lipinski definition) is 1. The predicted octanol–water partition coefficient (Wildman–Crippen LogP) is 2.45. The summed E-state index contributed by atoms with van der Waals surface area (Å²) in [6, 6.07) is 2.59. The second-order valence-electron chi connectivity index (χ2n) is 6.47. The lowest BCUT2D eigenvalue weighted by Gasteiger charge is -2.26. The summed E-state index contributed by atoms with van der Waals surface area (Å²) in [6.07, 6.45) is 3.88. The topological polar surface area (TPSA) is 108 Å². The first-order valence-electron chi connectivity index (χ1n) is 8.80. The minimum absolute atomic E-state index is 0.0231. The molecule has 1 aromatic heterocycles. The Morgan fingerprint density at radius 3 is 2.68 bits per heavy atom. The maximum atomic E-state index is 12.8. The zero-order valence-corrected chi connectivity index (χ0v) is 17.1. The van der Waals surface area contributed by atoms with Crippen molar-refractivity contribution in [1.29, 1.82) is 0 Å². The zero-order valence-electron chi connectivity index (χ0n) is 15.5. The van der Waals surface area contributed by atoms with E-state index in [-0.39, 0.29) is 45.4 Å². The van der Waals surface area contributed by atoms with Gasteiger partial charge in [0.25, 0.3) is 0 Å². The number of halogens is 1. The number of aromatic nitrogens is 2. The second kappa shape index (κ2) is 8.10. The molecular formula is C18H21ClN2O6S. The monoisotopic (exact) mass is 428 g/mol. The third-order valence-corrected chi connectivity index (χ3v) is 6.04. The summed E-state index contributed by atoms with van der Waals surface area (Å²) in [7, 11) is -3.63. The standard InChI is InChI=1S/C18H21ClN2O6S/c1-3-21-18(23)13(10-20-21)16(22)12-4-5-14(28(2,24)25)17(15(12)19)27-9-7-11-6-8-26-11/h4-5,10-11,23H,3,6-9H2,1-2H3. The van der Waals surface area contributed by atoms with Crippen LogP contribution in [0.1, 0.15) is 35.7 Å². The van der Waals surface area contributed by atoms with Gasteiger partial charge in [-0.1, -0.05) is 11.6 Å². The molecule has 2 aromatic rings. The molecule has 3 rings (SSSR count). The van der Waals surface area contributed by atoms with Gasteiger partial charge in [-0.25, -0.2) is 13.1 Å². The number of ketones is 1. The van der Waals surface area contributed by atoms with Crippen LogP contribution in [0.25, 0.3) is 0 Å². The van der Waals surface area contributed by atoms with E-state index in [9.17, 15) is 18.3 Å². The summed E-state index contributed by atoms with van der Waals surface area (Å²) in [5.74, 6) is -0.925. The first-order valence-corrected chi connectivity index (χ1v) is 11.1. The maximum Gasteiger partial charge on any atom is 0.220 e. The third kappa shape index (κ3) is 4.01. The zero-order chi connectivity index (χ0) is 20.5. The van der Waals surface area contributed by atoms with Gasteiger partial charge in [0.1, 0.15) is 10.5 Å². The fourth-order valence-corrected chi connectivity index (χ4v) is 4.03. The molecule has 0 spiro atoms. The van der Waals surface area contributed by atoms with Crippen molar-refractivity contribution in [2.24, 2.45) is 0 Å². The molecule has 0 bridgehead atoms. The van der Waals surface area contributed by atoms with Crippen LogP contribution < -0.4 is 4.74 Å². The van der Waals surface area contributed by atoms with Gasteiger partial charge < -0.3 is 14.6 Å². The van der Waals surface area contributed by atoms with E-state index in [2.05, 4.69) is 5.10 Å². The van der Waals surface area contributed by atoms with Crippen molar-refractivity contribution in [1.82, 2.24) is 9.78 Å². The van der Waals surface area contributed by atoms with Crippen molar-refractivity contribution in [2.75, 3.05) is 19.5 Å². The third-order valence-electron chi connectivity index (χ3n) is 4.54. The maximum absolute atomic E-state index is 12.8. The molecular weight excluding hydrogens is 408 g/mol. The molecule has 152 valence electrons. The molecule has 1 aromatic carbocycles. The Morgan fingerprint density at radius 1 is 1.43 bits per heavy atom. The van der Waals surface area contributed by atoms with Crippen LogP contribution >= 0.6 is 11.6 Å². The van der Waals surface area contributed by atoms with E-state index in [0.29, 0.717) is 19.6 Å². The molecule has 0 radical (unpaired) electrons. The minimum Gasteiger partial charge on any atom is -0.493 e. The number of carbonyl (C=O) groups excluding carboxylic acids is 1. The van der Waals surface area contributed by atoms with Gasteiger partial charge in [0.2, 0.25) is 11.7 Å². The molecule has 1 N–H and O–H groups in total. The van der Waals surface area contributed by atoms with E-state index in [1.165, 1.54) is 23.0 Å². The van der Waals surface area contributed by atoms with E-state index in [1.807, 2.05) is 0 Å². The Bertz CT molecular complexity index is 998. The van der Waals surface area contributed by atoms with Gasteiger partial charge in [-0.15, -0.1) is 0 Å². The summed E-state index contributed by atoms with van der Waals surface area (Å²) in [4.78, 5) is 12.7. The Kier molecular flexibility index (Phi) is 5.97. The Balaban J connectivity index is 1.96. The molecule has 0 saturated carbocycles. The lowest BCUT2D eigenvalue weighted by atomic mass is 10.1. The molecule has 28 heavy (non-hydrogen) atoms. The predicted molar refractivity (Wildman–Crippen MR) is 102 cm³/mol. The molecule has 10 heteroatoms. The molecule has 1 atom stereocenters. The molecule has 1 fully saturated rings. The van der Waals surface area contributed by atoms with Crippen LogP contribution in [0, 0.1) is 0 Å². The van der Waals surface area contributed by atoms with Crippen molar-refractivity contribution in [3.05, 3.63) is 34.5 Å². The van der Waals surface area contributed by atoms with Crippen molar-refractivity contribution in [3.8, 4) is 11.6 Å². The molecule has 2 heterocycles. The summed E-state index contributed by atoms with van der Waals surface area (Å²) < 4.78 is 36.5. The minimum atomic E-state index is -3.63. The fraction of sp³-hybridized carbons (Fsp3) is 0.444. The van der Waals surface area contributed by atoms with Gasteiger partial charge in [0.05, 0.1) is 23.9 Å². The van der Waals surface area contributed by atoms with E-state index >= 15 is 0 Å². The first-order chi connectivity index (χ1) is 13.2. The van der Waals surface area contributed by atoms with Crippen molar-refractivity contribution >= 4 is 27.2 Å². The molecule has 1 aliphatic rings. The Morgan fingerprint density at radius 2 is 2.14 bits per heavy atom. The van der Waals surface area contributed by atoms with Crippen LogP contribution in [0.2, 0.25) is 5.02 Å². The number of aromatic hydroxyl groups is 1. The van der Waals surface area contributed by atoms with Gasteiger partial charge in [-0.3, -0.25) is 4.79 Å².